The number of benzene rings is 2. The Balaban J connectivity index is 2.04. The van der Waals surface area contributed by atoms with Crippen LogP contribution in [-0.4, -0.2) is 39.1 Å². The third kappa shape index (κ3) is 4.39. The van der Waals surface area contributed by atoms with Gasteiger partial charge in [-0.2, -0.15) is 18.8 Å². The lowest BCUT2D eigenvalue weighted by Crippen LogP contribution is -2.06. The van der Waals surface area contributed by atoms with Crippen LogP contribution < -0.4 is 4.18 Å². The molecule has 0 aliphatic carbocycles. The monoisotopic (exact) mass is 417 g/mol. The van der Waals surface area contributed by atoms with Crippen LogP contribution in [0.1, 0.15) is 5.69 Å². The van der Waals surface area contributed by atoms with Gasteiger partial charge in [-0.1, -0.05) is 12.1 Å². The lowest BCUT2D eigenvalue weighted by Gasteiger charge is -2.09. The average Bonchev–Trinajstić information content (AvgIpc) is 3.05. The van der Waals surface area contributed by atoms with E-state index >= 15 is 0 Å². The normalized spacial score (nSPS) is 11.8. The van der Waals surface area contributed by atoms with Crippen molar-refractivity contribution in [2.24, 2.45) is 0 Å². The maximum atomic E-state index is 11.6. The summed E-state index contributed by atoms with van der Waals surface area (Å²) in [5.41, 5.74) is 1.99. The Morgan fingerprint density at radius 1 is 0.964 bits per heavy atom. The molecule has 0 amide bonds. The molecule has 0 aliphatic heterocycles. The summed E-state index contributed by atoms with van der Waals surface area (Å²) in [6, 6.07) is 15.9. The van der Waals surface area contributed by atoms with Crippen LogP contribution in [0.3, 0.4) is 0 Å². The Morgan fingerprint density at radius 3 is 2.07 bits per heavy atom. The molecule has 0 fully saturated rings. The Morgan fingerprint density at radius 2 is 1.57 bits per heavy atom. The number of hydrogen-bond donors (Lipinski definition) is 0. The number of aromatic nitrogens is 2. The molecule has 28 heavy (non-hydrogen) atoms. The van der Waals surface area contributed by atoms with Gasteiger partial charge in [0, 0.05) is 17.9 Å². The molecule has 0 spiro atoms. The summed E-state index contributed by atoms with van der Waals surface area (Å²) in [6.07, 6.45) is 2.08. The lowest BCUT2D eigenvalue weighted by atomic mass is 10.1. The van der Waals surface area contributed by atoms with Crippen LogP contribution in [0.5, 0.6) is 5.75 Å². The van der Waals surface area contributed by atoms with E-state index in [4.69, 9.17) is 4.18 Å². The van der Waals surface area contributed by atoms with Gasteiger partial charge in [0.1, 0.15) is 11.8 Å². The summed E-state index contributed by atoms with van der Waals surface area (Å²) in [4.78, 5) is 0.185. The first-order valence-electron chi connectivity index (χ1n) is 7.87. The maximum Gasteiger partial charge on any atom is 0.306 e. The molecule has 1 aromatic heterocycles. The van der Waals surface area contributed by atoms with Gasteiger partial charge in [0.15, 0.2) is 15.5 Å². The smallest absolute Gasteiger partial charge is 0.306 e. The summed E-state index contributed by atoms with van der Waals surface area (Å²) in [5.74, 6) is 0.151. The fourth-order valence-electron chi connectivity index (χ4n) is 2.53. The zero-order chi connectivity index (χ0) is 20.5. The quantitative estimate of drug-likeness (QED) is 0.583. The van der Waals surface area contributed by atoms with E-state index in [1.165, 1.54) is 28.9 Å². The van der Waals surface area contributed by atoms with Crippen LogP contribution >= 0.6 is 0 Å². The second kappa shape index (κ2) is 7.10. The van der Waals surface area contributed by atoms with E-state index in [0.29, 0.717) is 16.9 Å². The van der Waals surface area contributed by atoms with E-state index in [9.17, 15) is 22.1 Å². The molecule has 2 aromatic carbocycles. The molecule has 8 nitrogen and oxygen atoms in total. The summed E-state index contributed by atoms with van der Waals surface area (Å²) in [6.45, 7) is 0. The molecule has 1 heterocycles. The van der Waals surface area contributed by atoms with E-state index in [0.717, 1.165) is 12.5 Å². The molecular weight excluding hydrogens is 402 g/mol. The van der Waals surface area contributed by atoms with Gasteiger partial charge >= 0.3 is 10.1 Å². The molecule has 3 rings (SSSR count). The molecule has 0 aliphatic rings. The second-order valence-electron chi connectivity index (χ2n) is 6.02. The molecular formula is C18H15N3O5S2. The highest BCUT2D eigenvalue weighted by atomic mass is 32.2. The Hall–Kier alpha value is -3.16. The Bertz CT molecular complexity index is 1270. The zero-order valence-corrected chi connectivity index (χ0v) is 16.5. The van der Waals surface area contributed by atoms with E-state index < -0.39 is 20.0 Å². The number of nitrogens with zero attached hydrogens (tertiary/aromatic N) is 3. The van der Waals surface area contributed by atoms with Gasteiger partial charge < -0.3 is 4.18 Å². The average molecular weight is 417 g/mol. The van der Waals surface area contributed by atoms with E-state index in [-0.39, 0.29) is 16.3 Å². The van der Waals surface area contributed by atoms with Crippen molar-refractivity contribution in [1.82, 2.24) is 9.78 Å². The largest absolute Gasteiger partial charge is 0.383 e. The third-order valence-electron chi connectivity index (χ3n) is 3.73. The Labute approximate surface area is 162 Å². The molecule has 144 valence electrons. The van der Waals surface area contributed by atoms with Crippen LogP contribution in [-0.2, 0) is 20.0 Å². The summed E-state index contributed by atoms with van der Waals surface area (Å²) >= 11 is 0. The van der Waals surface area contributed by atoms with Crippen LogP contribution in [0.15, 0.2) is 59.5 Å². The number of sulfone groups is 1. The minimum absolute atomic E-state index is 0.151. The predicted octanol–water partition coefficient (Wildman–Crippen LogP) is 2.15. The number of hydrogen-bond acceptors (Lipinski definition) is 7. The molecule has 10 heteroatoms. The SMILES string of the molecule is CS(=O)(=O)Oc1ccc(-n2nc(C#N)cc2-c2ccc(S(C)(=O)=O)cc2)cc1. The molecule has 0 saturated carbocycles. The first-order chi connectivity index (χ1) is 13.1. The van der Waals surface area contributed by atoms with Gasteiger partial charge in [-0.05, 0) is 36.4 Å². The fraction of sp³-hybridized carbons (Fsp3) is 0.111. The van der Waals surface area contributed by atoms with Crippen molar-refractivity contribution in [1.29, 1.82) is 5.26 Å². The van der Waals surface area contributed by atoms with E-state index in [2.05, 4.69) is 5.10 Å². The highest BCUT2D eigenvalue weighted by Gasteiger charge is 2.14. The van der Waals surface area contributed by atoms with Crippen LogP contribution in [0.4, 0.5) is 0 Å². The number of rotatable bonds is 5. The van der Waals surface area contributed by atoms with Crippen molar-refractivity contribution >= 4 is 20.0 Å². The number of nitriles is 1. The molecule has 3 aromatic rings. The fourth-order valence-corrected chi connectivity index (χ4v) is 3.62. The molecule has 0 atom stereocenters. The maximum absolute atomic E-state index is 11.6. The predicted molar refractivity (Wildman–Crippen MR) is 102 cm³/mol. The summed E-state index contributed by atoms with van der Waals surface area (Å²) in [7, 11) is -6.96. The van der Waals surface area contributed by atoms with Crippen molar-refractivity contribution in [2.45, 2.75) is 4.90 Å². The third-order valence-corrected chi connectivity index (χ3v) is 5.35. The lowest BCUT2D eigenvalue weighted by molar-refractivity contribution is 0.493. The summed E-state index contributed by atoms with van der Waals surface area (Å²) < 4.78 is 52.0. The van der Waals surface area contributed by atoms with E-state index in [1.54, 1.807) is 30.3 Å². The van der Waals surface area contributed by atoms with Crippen LogP contribution in [0.2, 0.25) is 0 Å². The van der Waals surface area contributed by atoms with Crippen molar-refractivity contribution in [3.63, 3.8) is 0 Å². The van der Waals surface area contributed by atoms with E-state index in [1.807, 2.05) is 6.07 Å². The Kier molecular flexibility index (Phi) is 4.97. The first-order valence-corrected chi connectivity index (χ1v) is 11.6. The van der Waals surface area contributed by atoms with Crippen molar-refractivity contribution < 1.29 is 21.0 Å². The highest BCUT2D eigenvalue weighted by molar-refractivity contribution is 7.90. The summed E-state index contributed by atoms with van der Waals surface area (Å²) in [5, 5.41) is 13.4. The van der Waals surface area contributed by atoms with Gasteiger partial charge in [0.05, 0.1) is 22.5 Å². The van der Waals surface area contributed by atoms with Crippen molar-refractivity contribution in [3.05, 3.63) is 60.3 Å². The molecule has 0 bridgehead atoms. The first kappa shape index (κ1) is 19.6. The highest BCUT2D eigenvalue weighted by Crippen LogP contribution is 2.26. The topological polar surface area (TPSA) is 119 Å². The van der Waals surface area contributed by atoms with Crippen LogP contribution in [0, 0.1) is 11.3 Å². The van der Waals surface area contributed by atoms with Gasteiger partial charge in [0.25, 0.3) is 0 Å². The molecule has 0 radical (unpaired) electrons. The molecule has 0 saturated heterocycles. The van der Waals surface area contributed by atoms with Gasteiger partial charge in [-0.15, -0.1) is 0 Å². The van der Waals surface area contributed by atoms with Crippen molar-refractivity contribution in [2.75, 3.05) is 12.5 Å². The van der Waals surface area contributed by atoms with Crippen molar-refractivity contribution in [3.8, 4) is 28.8 Å². The molecule has 0 N–H and O–H groups in total. The zero-order valence-electron chi connectivity index (χ0n) is 14.9. The molecule has 0 unspecified atom stereocenters. The second-order valence-corrected chi connectivity index (χ2v) is 9.61. The van der Waals surface area contributed by atoms with Crippen LogP contribution in [0.25, 0.3) is 16.9 Å². The van der Waals surface area contributed by atoms with Gasteiger partial charge in [-0.25, -0.2) is 13.1 Å². The standard InChI is InChI=1S/C18H15N3O5S2/c1-27(22,23)17-9-3-13(4-10-17)18-11-14(12-19)20-21(18)15-5-7-16(8-6-15)26-28(2,24)25/h3-11H,1-2H3. The minimum Gasteiger partial charge on any atom is -0.383 e. The minimum atomic E-state index is -3.64. The van der Waals surface area contributed by atoms with Gasteiger partial charge in [-0.3, -0.25) is 0 Å². The van der Waals surface area contributed by atoms with Gasteiger partial charge in [0.2, 0.25) is 0 Å².